The van der Waals surface area contributed by atoms with Gasteiger partial charge >= 0.3 is 0 Å². The summed E-state index contributed by atoms with van der Waals surface area (Å²) in [4.78, 5) is 12.3. The number of nitrogens with one attached hydrogen (secondary N) is 3. The Kier molecular flexibility index (Phi) is 7.89. The van der Waals surface area contributed by atoms with E-state index in [2.05, 4.69) is 21.4 Å². The number of sulfonamides is 1. The molecule has 24 heavy (non-hydrogen) atoms. The average molecular weight is 374 g/mol. The van der Waals surface area contributed by atoms with Gasteiger partial charge in [0.15, 0.2) is 0 Å². The van der Waals surface area contributed by atoms with Crippen molar-refractivity contribution in [2.75, 3.05) is 19.6 Å². The molecule has 134 valence electrons. The summed E-state index contributed by atoms with van der Waals surface area (Å²) in [5, 5.41) is 6.07. The molecule has 1 heterocycles. The minimum atomic E-state index is -3.53. The molecule has 1 aliphatic heterocycles. The standard InChI is InChI=1S/C16H23N3O3S.ClH/c1-12(2)19-23(21,22)15-5-3-14(4-6-15)16(20)18-11-13-7-9-17-10-8-13;/h3-7,12,17,19H,8-11H2,1-2H3,(H,18,20);1H. The lowest BCUT2D eigenvalue weighted by Gasteiger charge is -2.14. The lowest BCUT2D eigenvalue weighted by molar-refractivity contribution is 0.0956. The van der Waals surface area contributed by atoms with Crippen molar-refractivity contribution in [3.05, 3.63) is 41.5 Å². The first kappa shape index (κ1) is 20.6. The van der Waals surface area contributed by atoms with Gasteiger partial charge in [-0.2, -0.15) is 0 Å². The van der Waals surface area contributed by atoms with Crippen LogP contribution in [0.25, 0.3) is 0 Å². The van der Waals surface area contributed by atoms with Gasteiger partial charge in [-0.3, -0.25) is 4.79 Å². The monoisotopic (exact) mass is 373 g/mol. The molecular weight excluding hydrogens is 350 g/mol. The number of hydrogen-bond donors (Lipinski definition) is 3. The SMILES string of the molecule is CC(C)NS(=O)(=O)c1ccc(C(=O)NCC2=CCNCC2)cc1.Cl. The Morgan fingerprint density at radius 3 is 2.46 bits per heavy atom. The first-order chi connectivity index (χ1) is 10.9. The number of hydrogen-bond acceptors (Lipinski definition) is 4. The van der Waals surface area contributed by atoms with Crippen LogP contribution in [0.15, 0.2) is 40.8 Å². The van der Waals surface area contributed by atoms with Gasteiger partial charge in [0.05, 0.1) is 4.90 Å². The molecular formula is C16H24ClN3O3S. The molecule has 6 nitrogen and oxygen atoms in total. The van der Waals surface area contributed by atoms with Crippen molar-refractivity contribution in [2.45, 2.75) is 31.2 Å². The number of carbonyl (C=O) groups excluding carboxylic acids is 1. The Morgan fingerprint density at radius 1 is 1.25 bits per heavy atom. The van der Waals surface area contributed by atoms with E-state index in [9.17, 15) is 13.2 Å². The predicted molar refractivity (Wildman–Crippen MR) is 97.1 cm³/mol. The van der Waals surface area contributed by atoms with Crippen molar-refractivity contribution in [2.24, 2.45) is 0 Å². The molecule has 0 fully saturated rings. The zero-order valence-corrected chi connectivity index (χ0v) is 15.5. The molecule has 0 radical (unpaired) electrons. The Labute approximate surface area is 149 Å². The summed E-state index contributed by atoms with van der Waals surface area (Å²) in [6.45, 7) is 5.80. The molecule has 0 atom stereocenters. The maximum atomic E-state index is 12.1. The highest BCUT2D eigenvalue weighted by Crippen LogP contribution is 2.11. The van der Waals surface area contributed by atoms with Crippen molar-refractivity contribution in [3.63, 3.8) is 0 Å². The predicted octanol–water partition coefficient (Wildman–Crippen LogP) is 1.44. The van der Waals surface area contributed by atoms with Crippen molar-refractivity contribution >= 4 is 28.3 Å². The highest BCUT2D eigenvalue weighted by Gasteiger charge is 2.16. The molecule has 3 N–H and O–H groups in total. The fourth-order valence-electron chi connectivity index (χ4n) is 2.29. The van der Waals surface area contributed by atoms with E-state index in [1.54, 1.807) is 13.8 Å². The lowest BCUT2D eigenvalue weighted by Crippen LogP contribution is -2.30. The van der Waals surface area contributed by atoms with Gasteiger partial charge in [-0.1, -0.05) is 11.6 Å². The fourth-order valence-corrected chi connectivity index (χ4v) is 3.54. The van der Waals surface area contributed by atoms with Crippen LogP contribution in [0.4, 0.5) is 0 Å². The molecule has 1 aromatic carbocycles. The van der Waals surface area contributed by atoms with Gasteiger partial charge in [-0.15, -0.1) is 12.4 Å². The number of rotatable bonds is 6. The third-order valence-electron chi connectivity index (χ3n) is 3.45. The molecule has 8 heteroatoms. The smallest absolute Gasteiger partial charge is 0.251 e. The van der Waals surface area contributed by atoms with E-state index in [1.165, 1.54) is 29.8 Å². The summed E-state index contributed by atoms with van der Waals surface area (Å²) in [6, 6.07) is 5.77. The summed E-state index contributed by atoms with van der Waals surface area (Å²) in [6.07, 6.45) is 3.01. The molecule has 0 bridgehead atoms. The molecule has 0 aliphatic carbocycles. The van der Waals surface area contributed by atoms with E-state index in [0.717, 1.165) is 19.5 Å². The van der Waals surface area contributed by atoms with E-state index in [4.69, 9.17) is 0 Å². The topological polar surface area (TPSA) is 87.3 Å². The summed E-state index contributed by atoms with van der Waals surface area (Å²) < 4.78 is 26.6. The average Bonchev–Trinajstić information content (AvgIpc) is 2.52. The van der Waals surface area contributed by atoms with Crippen LogP contribution >= 0.6 is 12.4 Å². The summed E-state index contributed by atoms with van der Waals surface area (Å²) in [7, 11) is -3.53. The van der Waals surface area contributed by atoms with E-state index in [-0.39, 0.29) is 29.3 Å². The molecule has 0 aromatic heterocycles. The van der Waals surface area contributed by atoms with Gasteiger partial charge in [0.1, 0.15) is 0 Å². The van der Waals surface area contributed by atoms with Gasteiger partial charge in [-0.05, 0) is 51.1 Å². The maximum absolute atomic E-state index is 12.1. The maximum Gasteiger partial charge on any atom is 0.251 e. The van der Waals surface area contributed by atoms with Crippen LogP contribution in [0.3, 0.4) is 0 Å². The lowest BCUT2D eigenvalue weighted by atomic mass is 10.1. The molecule has 2 rings (SSSR count). The van der Waals surface area contributed by atoms with Gasteiger partial charge < -0.3 is 10.6 Å². The molecule has 1 aromatic rings. The first-order valence-corrected chi connectivity index (χ1v) is 9.16. The summed E-state index contributed by atoms with van der Waals surface area (Å²) >= 11 is 0. The van der Waals surface area contributed by atoms with Crippen molar-refractivity contribution in [3.8, 4) is 0 Å². The molecule has 0 unspecified atom stereocenters. The third-order valence-corrected chi connectivity index (χ3v) is 5.13. The number of halogens is 1. The number of benzene rings is 1. The third kappa shape index (κ3) is 5.90. The van der Waals surface area contributed by atoms with E-state index in [1.807, 2.05) is 0 Å². The zero-order chi connectivity index (χ0) is 16.9. The van der Waals surface area contributed by atoms with Crippen molar-refractivity contribution < 1.29 is 13.2 Å². The van der Waals surface area contributed by atoms with E-state index < -0.39 is 10.0 Å². The Balaban J connectivity index is 0.00000288. The Morgan fingerprint density at radius 2 is 1.92 bits per heavy atom. The quantitative estimate of drug-likeness (QED) is 0.658. The number of amides is 1. The van der Waals surface area contributed by atoms with Crippen molar-refractivity contribution in [1.82, 2.24) is 15.4 Å². The minimum Gasteiger partial charge on any atom is -0.348 e. The minimum absolute atomic E-state index is 0. The summed E-state index contributed by atoms with van der Waals surface area (Å²) in [5.41, 5.74) is 1.65. The van der Waals surface area contributed by atoms with Gasteiger partial charge in [0, 0.05) is 24.7 Å². The second-order valence-electron chi connectivity index (χ2n) is 5.80. The fraction of sp³-hybridized carbons (Fsp3) is 0.438. The Bertz CT molecular complexity index is 685. The molecule has 1 amide bonds. The van der Waals surface area contributed by atoms with Crippen LogP contribution < -0.4 is 15.4 Å². The number of carbonyl (C=O) groups is 1. The second kappa shape index (κ2) is 9.17. The van der Waals surface area contributed by atoms with Crippen LogP contribution in [0.2, 0.25) is 0 Å². The van der Waals surface area contributed by atoms with E-state index >= 15 is 0 Å². The normalized spacial score (nSPS) is 14.7. The highest BCUT2D eigenvalue weighted by atomic mass is 35.5. The molecule has 1 aliphatic rings. The molecule has 0 spiro atoms. The van der Waals surface area contributed by atoms with E-state index in [0.29, 0.717) is 12.1 Å². The summed E-state index contributed by atoms with van der Waals surface area (Å²) in [5.74, 6) is -0.204. The largest absolute Gasteiger partial charge is 0.348 e. The highest BCUT2D eigenvalue weighted by molar-refractivity contribution is 7.89. The van der Waals surface area contributed by atoms with Crippen LogP contribution in [-0.4, -0.2) is 40.0 Å². The van der Waals surface area contributed by atoms with Gasteiger partial charge in [0.25, 0.3) is 5.91 Å². The second-order valence-corrected chi connectivity index (χ2v) is 7.51. The Hall–Kier alpha value is -1.41. The van der Waals surface area contributed by atoms with Crippen LogP contribution in [0, 0.1) is 0 Å². The van der Waals surface area contributed by atoms with Crippen molar-refractivity contribution in [1.29, 1.82) is 0 Å². The van der Waals surface area contributed by atoms with Crippen LogP contribution in [0.1, 0.15) is 30.6 Å². The van der Waals surface area contributed by atoms with Crippen LogP contribution in [-0.2, 0) is 10.0 Å². The van der Waals surface area contributed by atoms with Gasteiger partial charge in [-0.25, -0.2) is 13.1 Å². The molecule has 0 saturated carbocycles. The molecule has 0 saturated heterocycles. The zero-order valence-electron chi connectivity index (χ0n) is 13.8. The van der Waals surface area contributed by atoms with Crippen LogP contribution in [0.5, 0.6) is 0 Å². The first-order valence-electron chi connectivity index (χ1n) is 7.68. The van der Waals surface area contributed by atoms with Gasteiger partial charge in [0.2, 0.25) is 10.0 Å².